The van der Waals surface area contributed by atoms with Crippen LogP contribution in [0.4, 0.5) is 5.69 Å². The second-order valence-electron chi connectivity index (χ2n) is 9.02. The van der Waals surface area contributed by atoms with Crippen molar-refractivity contribution in [1.29, 1.82) is 0 Å². The van der Waals surface area contributed by atoms with Gasteiger partial charge < -0.3 is 20.4 Å². The summed E-state index contributed by atoms with van der Waals surface area (Å²) in [4.78, 5) is 23.9. The number of nitrogens with zero attached hydrogens (tertiary/aromatic N) is 4. The third-order valence-corrected chi connectivity index (χ3v) is 6.56. The Morgan fingerprint density at radius 1 is 0.968 bits per heavy atom. The monoisotopic (exact) mass is 428 g/mol. The number of para-hydroxylation sites is 1. The molecule has 1 aromatic rings. The number of carbonyl (C=O) groups is 1. The number of piperazine rings is 1. The van der Waals surface area contributed by atoms with E-state index in [-0.39, 0.29) is 6.04 Å². The number of carbonyl (C=O) groups excluding carboxylic acids is 1. The molecular weight excluding hydrogens is 388 g/mol. The molecule has 2 atom stereocenters. The molecular formula is C24H40N6O. The van der Waals surface area contributed by atoms with E-state index in [1.165, 1.54) is 0 Å². The summed E-state index contributed by atoms with van der Waals surface area (Å²) in [5, 5.41) is 7.21. The molecule has 2 aliphatic rings. The average molecular weight is 429 g/mol. The molecule has 31 heavy (non-hydrogen) atoms. The number of benzene rings is 1. The van der Waals surface area contributed by atoms with Gasteiger partial charge >= 0.3 is 0 Å². The van der Waals surface area contributed by atoms with Crippen molar-refractivity contribution in [2.75, 3.05) is 58.2 Å². The Bertz CT molecular complexity index is 708. The van der Waals surface area contributed by atoms with Crippen LogP contribution in [-0.4, -0.2) is 91.5 Å². The Labute approximate surface area is 187 Å². The van der Waals surface area contributed by atoms with Crippen LogP contribution in [0.3, 0.4) is 0 Å². The molecule has 2 aliphatic heterocycles. The molecule has 7 nitrogen and oxygen atoms in total. The number of hydrogen-bond donors (Lipinski definition) is 2. The number of aliphatic imine (C=N–C) groups is 1. The van der Waals surface area contributed by atoms with Crippen molar-refractivity contribution >= 4 is 17.6 Å². The van der Waals surface area contributed by atoms with Crippen LogP contribution >= 0.6 is 0 Å². The van der Waals surface area contributed by atoms with Crippen molar-refractivity contribution in [2.24, 2.45) is 10.9 Å². The van der Waals surface area contributed by atoms with Crippen molar-refractivity contribution in [1.82, 2.24) is 20.0 Å². The highest BCUT2D eigenvalue weighted by molar-refractivity contribution is 5.82. The van der Waals surface area contributed by atoms with Crippen molar-refractivity contribution < 1.29 is 4.79 Å². The first-order chi connectivity index (χ1) is 15.0. The molecule has 0 aliphatic carbocycles. The fourth-order valence-corrected chi connectivity index (χ4v) is 4.41. The second-order valence-corrected chi connectivity index (χ2v) is 9.02. The van der Waals surface area contributed by atoms with Crippen LogP contribution < -0.4 is 10.6 Å². The number of likely N-dealkylation sites (tertiary alicyclic amines) is 1. The quantitative estimate of drug-likeness (QED) is 0.516. The van der Waals surface area contributed by atoms with Crippen molar-refractivity contribution in [3.63, 3.8) is 0 Å². The van der Waals surface area contributed by atoms with Gasteiger partial charge in [0, 0.05) is 64.6 Å². The summed E-state index contributed by atoms with van der Waals surface area (Å²) in [5.41, 5.74) is 1.14. The Morgan fingerprint density at radius 2 is 1.61 bits per heavy atom. The summed E-state index contributed by atoms with van der Waals surface area (Å²) in [5.74, 6) is 1.72. The number of nitrogens with one attached hydrogen (secondary N) is 2. The van der Waals surface area contributed by atoms with Crippen molar-refractivity contribution in [3.05, 3.63) is 30.3 Å². The third kappa shape index (κ3) is 6.35. The molecule has 2 heterocycles. The molecule has 0 saturated carbocycles. The second kappa shape index (κ2) is 11.4. The first kappa shape index (κ1) is 23.4. The van der Waals surface area contributed by atoms with E-state index in [1.54, 1.807) is 0 Å². The maximum Gasteiger partial charge on any atom is 0.239 e. The standard InChI is InChI=1S/C24H40N6O/c1-19(2)22(27-21-10-6-5-7-11-21)18-26-24(25-4)30-16-14-28(15-17-30)20(3)23(31)29-12-8-9-13-29/h5-7,10-11,19-20,22,27H,8-9,12-18H2,1-4H3,(H,25,26). The van der Waals surface area contributed by atoms with E-state index in [9.17, 15) is 4.79 Å². The van der Waals surface area contributed by atoms with Gasteiger partial charge in [0.1, 0.15) is 0 Å². The van der Waals surface area contributed by atoms with Gasteiger partial charge in [0.25, 0.3) is 0 Å². The highest BCUT2D eigenvalue weighted by atomic mass is 16.2. The lowest BCUT2D eigenvalue weighted by Crippen LogP contribution is -2.57. The first-order valence-electron chi connectivity index (χ1n) is 11.8. The minimum absolute atomic E-state index is 0.0318. The molecule has 2 fully saturated rings. The topological polar surface area (TPSA) is 63.2 Å². The molecule has 0 aromatic heterocycles. The SMILES string of the molecule is CN=C(NCC(Nc1ccccc1)C(C)C)N1CCN(C(C)C(=O)N2CCCC2)CC1. The fourth-order valence-electron chi connectivity index (χ4n) is 4.41. The molecule has 0 radical (unpaired) electrons. The van der Waals surface area contributed by atoms with E-state index in [0.717, 1.165) is 70.3 Å². The molecule has 0 bridgehead atoms. The van der Waals surface area contributed by atoms with Crippen LogP contribution in [-0.2, 0) is 4.79 Å². The third-order valence-electron chi connectivity index (χ3n) is 6.56. The van der Waals surface area contributed by atoms with Crippen LogP contribution in [0.25, 0.3) is 0 Å². The molecule has 7 heteroatoms. The molecule has 2 saturated heterocycles. The summed E-state index contributed by atoms with van der Waals surface area (Å²) in [7, 11) is 1.85. The van der Waals surface area contributed by atoms with Gasteiger partial charge in [0.15, 0.2) is 5.96 Å². The maximum atomic E-state index is 12.7. The van der Waals surface area contributed by atoms with Crippen LogP contribution in [0, 0.1) is 5.92 Å². The van der Waals surface area contributed by atoms with Gasteiger partial charge in [-0.05, 0) is 37.8 Å². The number of hydrogen-bond acceptors (Lipinski definition) is 4. The Hall–Kier alpha value is -2.28. The lowest BCUT2D eigenvalue weighted by Gasteiger charge is -2.40. The molecule has 3 rings (SSSR count). The number of anilines is 1. The number of rotatable bonds is 7. The summed E-state index contributed by atoms with van der Waals surface area (Å²) in [6.07, 6.45) is 2.29. The molecule has 1 aromatic carbocycles. The first-order valence-corrected chi connectivity index (χ1v) is 11.8. The highest BCUT2D eigenvalue weighted by Gasteiger charge is 2.30. The summed E-state index contributed by atoms with van der Waals surface area (Å²) < 4.78 is 0. The van der Waals surface area contributed by atoms with Gasteiger partial charge in [0.2, 0.25) is 5.91 Å². The molecule has 1 amide bonds. The van der Waals surface area contributed by atoms with Crippen LogP contribution in [0.5, 0.6) is 0 Å². The van der Waals surface area contributed by atoms with Crippen LogP contribution in [0.15, 0.2) is 35.3 Å². The average Bonchev–Trinajstić information content (AvgIpc) is 3.33. The minimum Gasteiger partial charge on any atom is -0.380 e. The zero-order valence-electron chi connectivity index (χ0n) is 19.7. The summed E-state index contributed by atoms with van der Waals surface area (Å²) in [6.45, 7) is 12.7. The molecule has 2 unspecified atom stereocenters. The number of guanidine groups is 1. The Kier molecular flexibility index (Phi) is 8.58. The zero-order chi connectivity index (χ0) is 22.2. The summed E-state index contributed by atoms with van der Waals surface area (Å²) >= 11 is 0. The molecule has 2 N–H and O–H groups in total. The van der Waals surface area contributed by atoms with Gasteiger partial charge in [0.05, 0.1) is 6.04 Å². The number of amides is 1. The van der Waals surface area contributed by atoms with E-state index >= 15 is 0 Å². The van der Waals surface area contributed by atoms with Gasteiger partial charge in [-0.1, -0.05) is 32.0 Å². The molecule has 0 spiro atoms. The largest absolute Gasteiger partial charge is 0.380 e. The normalized spacial score (nSPS) is 20.1. The van der Waals surface area contributed by atoms with Crippen molar-refractivity contribution in [3.8, 4) is 0 Å². The van der Waals surface area contributed by atoms with Gasteiger partial charge in [-0.25, -0.2) is 0 Å². The van der Waals surface area contributed by atoms with Gasteiger partial charge in [-0.2, -0.15) is 0 Å². The Balaban J connectivity index is 1.48. The lowest BCUT2D eigenvalue weighted by atomic mass is 10.0. The fraction of sp³-hybridized carbons (Fsp3) is 0.667. The van der Waals surface area contributed by atoms with Crippen LogP contribution in [0.1, 0.15) is 33.6 Å². The van der Waals surface area contributed by atoms with E-state index < -0.39 is 0 Å². The zero-order valence-corrected chi connectivity index (χ0v) is 19.7. The van der Waals surface area contributed by atoms with E-state index in [4.69, 9.17) is 0 Å². The predicted octanol–water partition coefficient (Wildman–Crippen LogP) is 2.33. The minimum atomic E-state index is -0.0318. The van der Waals surface area contributed by atoms with E-state index in [1.807, 2.05) is 18.0 Å². The van der Waals surface area contributed by atoms with Crippen LogP contribution in [0.2, 0.25) is 0 Å². The lowest BCUT2D eigenvalue weighted by molar-refractivity contribution is -0.135. The Morgan fingerprint density at radius 3 is 2.19 bits per heavy atom. The van der Waals surface area contributed by atoms with Gasteiger partial charge in [-0.15, -0.1) is 0 Å². The van der Waals surface area contributed by atoms with Gasteiger partial charge in [-0.3, -0.25) is 14.7 Å². The molecule has 172 valence electrons. The maximum absolute atomic E-state index is 12.7. The van der Waals surface area contributed by atoms with Crippen molar-refractivity contribution in [2.45, 2.75) is 45.7 Å². The smallest absolute Gasteiger partial charge is 0.239 e. The highest BCUT2D eigenvalue weighted by Crippen LogP contribution is 2.15. The summed E-state index contributed by atoms with van der Waals surface area (Å²) in [6, 6.07) is 10.6. The van der Waals surface area contributed by atoms with E-state index in [2.05, 4.69) is 70.5 Å². The van der Waals surface area contributed by atoms with E-state index in [0.29, 0.717) is 17.9 Å². The predicted molar refractivity (Wildman–Crippen MR) is 128 cm³/mol.